The van der Waals surface area contributed by atoms with E-state index in [1.807, 2.05) is 0 Å². The second-order valence-electron chi connectivity index (χ2n) is 19.8. The molecule has 0 radical (unpaired) electrons. The molecule has 436 valence electrons. The molecule has 0 saturated heterocycles. The van der Waals surface area contributed by atoms with Crippen molar-refractivity contribution in [3.63, 3.8) is 0 Å². The number of benzene rings is 7. The quantitative estimate of drug-likeness (QED) is 0.0232. The summed E-state index contributed by atoms with van der Waals surface area (Å²) in [5.41, 5.74) is 0.958. The highest BCUT2D eigenvalue weighted by Gasteiger charge is 2.26. The lowest BCUT2D eigenvalue weighted by molar-refractivity contribution is 0.0455. The third-order valence-electron chi connectivity index (χ3n) is 13.6. The summed E-state index contributed by atoms with van der Waals surface area (Å²) in [5.74, 6) is -5.09. The molecule has 16 heteroatoms. The van der Waals surface area contributed by atoms with Gasteiger partial charge in [-0.25, -0.2) is 28.8 Å². The van der Waals surface area contributed by atoms with Crippen molar-refractivity contribution in [1.29, 1.82) is 10.5 Å². The van der Waals surface area contributed by atoms with Crippen molar-refractivity contribution in [1.82, 2.24) is 0 Å². The summed E-state index contributed by atoms with van der Waals surface area (Å²) in [7, 11) is 0. The summed E-state index contributed by atoms with van der Waals surface area (Å²) in [6, 6.07) is 41.7. The van der Waals surface area contributed by atoms with Crippen molar-refractivity contribution in [2.45, 2.75) is 111 Å². The van der Waals surface area contributed by atoms with E-state index in [9.17, 15) is 39.3 Å². The van der Waals surface area contributed by atoms with E-state index in [1.54, 1.807) is 97.1 Å². The van der Waals surface area contributed by atoms with E-state index in [2.05, 4.69) is 26.0 Å². The van der Waals surface area contributed by atoms with Crippen LogP contribution in [0.1, 0.15) is 181 Å². The number of rotatable bonds is 30. The lowest BCUT2D eigenvalue weighted by Gasteiger charge is -2.15. The highest BCUT2D eigenvalue weighted by molar-refractivity contribution is 6.02. The van der Waals surface area contributed by atoms with Crippen LogP contribution in [0.15, 0.2) is 152 Å². The number of unbranched alkanes of at least 4 members (excludes halogenated alkanes) is 10. The van der Waals surface area contributed by atoms with E-state index in [0.717, 1.165) is 38.5 Å². The van der Waals surface area contributed by atoms with Crippen molar-refractivity contribution in [3.05, 3.63) is 213 Å². The summed E-state index contributed by atoms with van der Waals surface area (Å²) >= 11 is 0. The van der Waals surface area contributed by atoms with Crippen molar-refractivity contribution in [3.8, 4) is 46.6 Å². The van der Waals surface area contributed by atoms with Crippen LogP contribution >= 0.6 is 0 Å². The number of esters is 6. The van der Waals surface area contributed by atoms with Gasteiger partial charge in [-0.05, 0) is 135 Å². The summed E-state index contributed by atoms with van der Waals surface area (Å²) in [6.07, 6.45) is 13.4. The van der Waals surface area contributed by atoms with E-state index < -0.39 is 35.8 Å². The van der Waals surface area contributed by atoms with Crippen LogP contribution in [0.4, 0.5) is 0 Å². The van der Waals surface area contributed by atoms with Crippen molar-refractivity contribution < 1.29 is 66.7 Å². The molecule has 0 amide bonds. The molecule has 0 fully saturated rings. The standard InChI is InChI=1S/C69H66N2O14/c1-4-6-8-10-12-18-39-78-54-31-27-48(28-32-54)64(72)82-56-35-37-62(60(41-56)66(74)80-45-52-23-16-14-21-50(52)43-70)84-68(76)58-25-20-26-59(47(58)3)69(77)85-63-38-36-57(42-61(63)67(75)81-46-53-24-17-15-22-51(53)44-71)83-65(73)49-29-33-55(34-30-49)79-40-19-13-11-9-7-5-2/h14-17,20-38,41-42H,4-13,18-19,39-40,45-46H2,1-3H3. The van der Waals surface area contributed by atoms with E-state index >= 15 is 0 Å². The Balaban J connectivity index is 1.07. The molecule has 0 aliphatic heterocycles. The third kappa shape index (κ3) is 18.5. The molecule has 0 unspecified atom stereocenters. The Hall–Kier alpha value is -10.1. The van der Waals surface area contributed by atoms with Gasteiger partial charge in [-0.15, -0.1) is 0 Å². The van der Waals surface area contributed by atoms with Gasteiger partial charge < -0.3 is 37.9 Å². The van der Waals surface area contributed by atoms with Crippen molar-refractivity contribution >= 4 is 35.8 Å². The summed E-state index contributed by atoms with van der Waals surface area (Å²) in [4.78, 5) is 82.9. The van der Waals surface area contributed by atoms with Gasteiger partial charge in [0, 0.05) is 11.1 Å². The number of nitrogens with zero attached hydrogens (tertiary/aromatic N) is 2. The van der Waals surface area contributed by atoms with E-state index in [-0.39, 0.29) is 86.3 Å². The molecular formula is C69H66N2O14. The molecule has 0 N–H and O–H groups in total. The van der Waals surface area contributed by atoms with Crippen LogP contribution in [0.25, 0.3) is 0 Å². The van der Waals surface area contributed by atoms with Gasteiger partial charge in [0.2, 0.25) is 0 Å². The molecule has 85 heavy (non-hydrogen) atoms. The number of nitriles is 2. The normalized spacial score (nSPS) is 10.6. The lowest BCUT2D eigenvalue weighted by atomic mass is 10.0. The van der Waals surface area contributed by atoms with Gasteiger partial charge >= 0.3 is 35.8 Å². The van der Waals surface area contributed by atoms with Gasteiger partial charge in [0.05, 0.1) is 58.7 Å². The number of hydrogen-bond donors (Lipinski definition) is 0. The second kappa shape index (κ2) is 32.5. The number of carbonyl (C=O) groups is 6. The summed E-state index contributed by atoms with van der Waals surface area (Å²) in [5, 5.41) is 19.3. The topological polar surface area (TPSA) is 224 Å². The predicted molar refractivity (Wildman–Crippen MR) is 315 cm³/mol. The SMILES string of the molecule is CCCCCCCCOc1ccc(C(=O)Oc2ccc(OC(=O)c3cccc(C(=O)Oc4ccc(OC(=O)c5ccc(OCCCCCCCC)cc5)cc4C(=O)OCc4ccccc4C#N)c3C)c(C(=O)OCc3ccccc3C#N)c2)cc1. The fourth-order valence-corrected chi connectivity index (χ4v) is 8.83. The first kappa shape index (κ1) is 62.5. The van der Waals surface area contributed by atoms with Crippen LogP contribution < -0.4 is 28.4 Å². The largest absolute Gasteiger partial charge is 0.494 e. The molecule has 0 atom stereocenters. The van der Waals surface area contributed by atoms with Gasteiger partial charge in [0.15, 0.2) is 0 Å². The smallest absolute Gasteiger partial charge is 0.343 e. The first-order chi connectivity index (χ1) is 41.4. The molecule has 0 aliphatic rings. The third-order valence-corrected chi connectivity index (χ3v) is 13.6. The summed E-state index contributed by atoms with van der Waals surface area (Å²) < 4.78 is 45.9. The second-order valence-corrected chi connectivity index (χ2v) is 19.8. The predicted octanol–water partition coefficient (Wildman–Crippen LogP) is 14.8. The van der Waals surface area contributed by atoms with E-state index in [0.29, 0.717) is 35.8 Å². The van der Waals surface area contributed by atoms with Crippen molar-refractivity contribution in [2.75, 3.05) is 13.2 Å². The minimum absolute atomic E-state index is 0.0840. The van der Waals surface area contributed by atoms with Crippen LogP contribution in [0.3, 0.4) is 0 Å². The molecule has 0 bridgehead atoms. The van der Waals surface area contributed by atoms with Crippen LogP contribution in [-0.2, 0) is 22.7 Å². The molecule has 0 heterocycles. The van der Waals surface area contributed by atoms with E-state index in [1.165, 1.54) is 100 Å². The first-order valence-electron chi connectivity index (χ1n) is 28.4. The maximum absolute atomic E-state index is 14.1. The van der Waals surface area contributed by atoms with Crippen LogP contribution in [-0.4, -0.2) is 49.0 Å². The maximum Gasteiger partial charge on any atom is 0.343 e. The Bertz CT molecular complexity index is 3310. The highest BCUT2D eigenvalue weighted by Crippen LogP contribution is 2.31. The molecule has 7 rings (SSSR count). The Morgan fingerprint density at radius 3 is 1.15 bits per heavy atom. The molecule has 0 spiro atoms. The number of carbonyl (C=O) groups excluding carboxylic acids is 6. The molecule has 0 saturated carbocycles. The molecule has 0 aliphatic carbocycles. The van der Waals surface area contributed by atoms with Gasteiger partial charge in [-0.3, -0.25) is 0 Å². The first-order valence-corrected chi connectivity index (χ1v) is 28.4. The fraction of sp³-hybridized carbons (Fsp3) is 0.275. The van der Waals surface area contributed by atoms with Gasteiger partial charge in [0.25, 0.3) is 0 Å². The monoisotopic (exact) mass is 1150 g/mol. The van der Waals surface area contributed by atoms with Crippen LogP contribution in [0, 0.1) is 29.6 Å². The average Bonchev–Trinajstić information content (AvgIpc) is 3.67. The minimum atomic E-state index is -1.01. The Morgan fingerprint density at radius 2 is 0.753 bits per heavy atom. The number of ether oxygens (including phenoxy) is 8. The maximum atomic E-state index is 14.1. The highest BCUT2D eigenvalue weighted by atomic mass is 16.6. The zero-order valence-electron chi connectivity index (χ0n) is 47.9. The molecular weight excluding hydrogens is 1080 g/mol. The summed E-state index contributed by atoms with van der Waals surface area (Å²) in [6.45, 7) is 6.23. The molecule has 7 aromatic carbocycles. The van der Waals surface area contributed by atoms with Crippen molar-refractivity contribution in [2.24, 2.45) is 0 Å². The fourth-order valence-electron chi connectivity index (χ4n) is 8.83. The molecule has 7 aromatic rings. The van der Waals surface area contributed by atoms with Crippen LogP contribution in [0.5, 0.6) is 34.5 Å². The van der Waals surface area contributed by atoms with Gasteiger partial charge in [0.1, 0.15) is 58.8 Å². The Kier molecular flexibility index (Phi) is 23.9. The van der Waals surface area contributed by atoms with E-state index in [4.69, 9.17) is 37.9 Å². The van der Waals surface area contributed by atoms with Gasteiger partial charge in [-0.1, -0.05) is 121 Å². The lowest BCUT2D eigenvalue weighted by Crippen LogP contribution is -2.18. The average molecular weight is 1150 g/mol. The zero-order chi connectivity index (χ0) is 60.3. The zero-order valence-corrected chi connectivity index (χ0v) is 47.9. The Morgan fingerprint density at radius 1 is 0.376 bits per heavy atom. The Labute approximate surface area is 494 Å². The molecule has 0 aromatic heterocycles. The van der Waals surface area contributed by atoms with Crippen LogP contribution in [0.2, 0.25) is 0 Å². The van der Waals surface area contributed by atoms with Gasteiger partial charge in [-0.2, -0.15) is 10.5 Å². The minimum Gasteiger partial charge on any atom is -0.494 e. The molecule has 16 nitrogen and oxygen atoms in total. The number of hydrogen-bond acceptors (Lipinski definition) is 16.